The number of carboxylic acid groups (broad SMARTS) is 1. The van der Waals surface area contributed by atoms with Gasteiger partial charge in [0, 0.05) is 26.2 Å². The van der Waals surface area contributed by atoms with Gasteiger partial charge in [0.05, 0.1) is 5.56 Å². The summed E-state index contributed by atoms with van der Waals surface area (Å²) in [5, 5.41) is 13.4. The predicted molar refractivity (Wildman–Crippen MR) is 117 cm³/mol. The van der Waals surface area contributed by atoms with Crippen LogP contribution in [0.25, 0.3) is 11.1 Å². The quantitative estimate of drug-likeness (QED) is 0.628. The van der Waals surface area contributed by atoms with E-state index in [0.29, 0.717) is 35.8 Å². The van der Waals surface area contributed by atoms with E-state index in [9.17, 15) is 35.9 Å². The fraction of sp³-hybridized carbons (Fsp3) is 0.435. The summed E-state index contributed by atoms with van der Waals surface area (Å²) in [5.41, 5.74) is 0.0330. The number of rotatable bonds is 4. The van der Waals surface area contributed by atoms with Crippen molar-refractivity contribution in [3.8, 4) is 11.1 Å². The second-order valence-electron chi connectivity index (χ2n) is 8.83. The first kappa shape index (κ1) is 24.6. The number of nitrogens with one attached hydrogen (secondary N) is 1. The van der Waals surface area contributed by atoms with Crippen molar-refractivity contribution in [1.82, 2.24) is 9.62 Å². The molecule has 2 unspecified atom stereocenters. The Morgan fingerprint density at radius 1 is 1.18 bits per heavy atom. The lowest BCUT2D eigenvalue weighted by Crippen LogP contribution is -2.57. The van der Waals surface area contributed by atoms with E-state index in [1.165, 1.54) is 10.4 Å². The van der Waals surface area contributed by atoms with Gasteiger partial charge < -0.3 is 10.4 Å². The van der Waals surface area contributed by atoms with E-state index >= 15 is 0 Å². The molecule has 0 aromatic heterocycles. The molecule has 2 aromatic rings. The molecule has 2 aromatic carbocycles. The average Bonchev–Trinajstić information content (AvgIpc) is 3.05. The van der Waals surface area contributed by atoms with Crippen molar-refractivity contribution in [1.29, 1.82) is 0 Å². The van der Waals surface area contributed by atoms with Gasteiger partial charge in [0.15, 0.2) is 0 Å². The summed E-state index contributed by atoms with van der Waals surface area (Å²) >= 11 is 0. The zero-order valence-electron chi connectivity index (χ0n) is 18.5. The van der Waals surface area contributed by atoms with E-state index in [2.05, 4.69) is 5.32 Å². The van der Waals surface area contributed by atoms with Gasteiger partial charge in [-0.2, -0.15) is 17.5 Å². The molecule has 0 amide bonds. The van der Waals surface area contributed by atoms with Crippen LogP contribution < -0.4 is 5.32 Å². The lowest BCUT2D eigenvalue weighted by atomic mass is 9.90. The lowest BCUT2D eigenvalue weighted by Gasteiger charge is -2.37. The first-order chi connectivity index (χ1) is 15.8. The van der Waals surface area contributed by atoms with Crippen LogP contribution in [0.15, 0.2) is 30.3 Å². The molecular formula is C23H24F4N2O4S. The maximum absolute atomic E-state index is 14.4. The summed E-state index contributed by atoms with van der Waals surface area (Å²) in [4.78, 5) is 12.7. The molecule has 0 spiro atoms. The standard InChI is InChI=1S/C23H24F4N2O4S/c1-13-9-16(15-3-4-18(20(24)12-15)23(25,26)27)17-11-14(2)22(21(30)31,19(17)10-13)34(32,33)29-7-5-28-6-8-29/h3-4,9-10,12,14,28H,5-8,11H2,1-2H3,(H,30,31). The average molecular weight is 501 g/mol. The van der Waals surface area contributed by atoms with E-state index in [-0.39, 0.29) is 30.6 Å². The van der Waals surface area contributed by atoms with Gasteiger partial charge in [-0.1, -0.05) is 30.7 Å². The van der Waals surface area contributed by atoms with Gasteiger partial charge in [-0.25, -0.2) is 12.8 Å². The van der Waals surface area contributed by atoms with Crippen molar-refractivity contribution in [2.24, 2.45) is 5.92 Å². The minimum Gasteiger partial charge on any atom is -0.480 e. The molecule has 6 nitrogen and oxygen atoms in total. The van der Waals surface area contributed by atoms with Gasteiger partial charge in [-0.15, -0.1) is 0 Å². The molecule has 0 radical (unpaired) electrons. The number of piperazine rings is 1. The number of hydrogen-bond acceptors (Lipinski definition) is 4. The molecule has 184 valence electrons. The van der Waals surface area contributed by atoms with Crippen LogP contribution >= 0.6 is 0 Å². The monoisotopic (exact) mass is 500 g/mol. The van der Waals surface area contributed by atoms with Crippen molar-refractivity contribution in [3.63, 3.8) is 0 Å². The Kier molecular flexibility index (Phi) is 6.02. The summed E-state index contributed by atoms with van der Waals surface area (Å²) in [6, 6.07) is 5.64. The van der Waals surface area contributed by atoms with Gasteiger partial charge in [-0.3, -0.25) is 4.79 Å². The molecular weight excluding hydrogens is 476 g/mol. The second kappa shape index (κ2) is 8.31. The van der Waals surface area contributed by atoms with Gasteiger partial charge >= 0.3 is 12.1 Å². The first-order valence-corrected chi connectivity index (χ1v) is 12.2. The van der Waals surface area contributed by atoms with Gasteiger partial charge in [0.25, 0.3) is 0 Å². The number of nitrogens with zero attached hydrogens (tertiary/aromatic N) is 1. The molecule has 4 rings (SSSR count). The number of alkyl halides is 3. The number of carbonyl (C=O) groups is 1. The Morgan fingerprint density at radius 3 is 2.38 bits per heavy atom. The second-order valence-corrected chi connectivity index (χ2v) is 10.9. The number of sulfonamides is 1. The van der Waals surface area contributed by atoms with Crippen molar-refractivity contribution in [2.75, 3.05) is 26.2 Å². The smallest absolute Gasteiger partial charge is 0.419 e. The zero-order chi connectivity index (χ0) is 25.1. The van der Waals surface area contributed by atoms with E-state index in [4.69, 9.17) is 0 Å². The number of carboxylic acids is 1. The molecule has 0 saturated carbocycles. The molecule has 1 heterocycles. The number of hydrogen-bond donors (Lipinski definition) is 2. The molecule has 11 heteroatoms. The Balaban J connectivity index is 1.94. The SMILES string of the molecule is Cc1cc(-c2ccc(C(F)(F)F)c(F)c2)c2c(c1)C(C(=O)O)(S(=O)(=O)N1CCNCC1)C(C)C2. The summed E-state index contributed by atoms with van der Waals surface area (Å²) in [5.74, 6) is -3.82. The van der Waals surface area contributed by atoms with Crippen molar-refractivity contribution in [2.45, 2.75) is 31.2 Å². The summed E-state index contributed by atoms with van der Waals surface area (Å²) in [6.07, 6.45) is -4.80. The van der Waals surface area contributed by atoms with Crippen LogP contribution in [0.5, 0.6) is 0 Å². The number of halogens is 4. The highest BCUT2D eigenvalue weighted by Crippen LogP contribution is 2.52. The Labute approximate surface area is 194 Å². The Morgan fingerprint density at radius 2 is 1.82 bits per heavy atom. The fourth-order valence-electron chi connectivity index (χ4n) is 5.17. The van der Waals surface area contributed by atoms with Crippen LogP contribution in [0, 0.1) is 18.7 Å². The van der Waals surface area contributed by atoms with Crippen LogP contribution in [-0.4, -0.2) is 50.0 Å². The van der Waals surface area contributed by atoms with E-state index in [1.54, 1.807) is 19.9 Å². The molecule has 2 aliphatic rings. The maximum atomic E-state index is 14.4. The topological polar surface area (TPSA) is 86.7 Å². The predicted octanol–water partition coefficient (Wildman–Crippen LogP) is 3.53. The number of aliphatic carboxylic acids is 1. The third kappa shape index (κ3) is 3.61. The van der Waals surface area contributed by atoms with E-state index < -0.39 is 44.2 Å². The number of aryl methyl sites for hydroxylation is 1. The van der Waals surface area contributed by atoms with E-state index in [0.717, 1.165) is 12.1 Å². The number of benzene rings is 2. The molecule has 1 saturated heterocycles. The Bertz CT molecular complexity index is 1260. The molecule has 1 aliphatic heterocycles. The molecule has 2 N–H and O–H groups in total. The number of fused-ring (bicyclic) bond motifs is 1. The highest BCUT2D eigenvalue weighted by molar-refractivity contribution is 7.90. The van der Waals surface area contributed by atoms with Crippen molar-refractivity contribution < 1.29 is 35.9 Å². The summed E-state index contributed by atoms with van der Waals surface area (Å²) in [6.45, 7) is 4.21. The molecule has 1 aliphatic carbocycles. The fourth-order valence-corrected chi connectivity index (χ4v) is 7.51. The van der Waals surface area contributed by atoms with Gasteiger partial charge in [0.1, 0.15) is 5.82 Å². The minimum atomic E-state index is -4.86. The summed E-state index contributed by atoms with van der Waals surface area (Å²) < 4.78 is 80.0. The highest BCUT2D eigenvalue weighted by Gasteiger charge is 2.63. The molecule has 1 fully saturated rings. The van der Waals surface area contributed by atoms with Gasteiger partial charge in [-0.05, 0) is 53.6 Å². The third-order valence-corrected chi connectivity index (χ3v) is 9.38. The van der Waals surface area contributed by atoms with Crippen molar-refractivity contribution >= 4 is 16.0 Å². The van der Waals surface area contributed by atoms with Crippen LogP contribution in [0.2, 0.25) is 0 Å². The molecule has 34 heavy (non-hydrogen) atoms. The Hall–Kier alpha value is -2.50. The largest absolute Gasteiger partial charge is 0.480 e. The molecule has 2 atom stereocenters. The van der Waals surface area contributed by atoms with Gasteiger partial charge in [0.2, 0.25) is 14.8 Å². The van der Waals surface area contributed by atoms with Crippen LogP contribution in [0.1, 0.15) is 29.2 Å². The first-order valence-electron chi connectivity index (χ1n) is 10.8. The highest BCUT2D eigenvalue weighted by atomic mass is 32.2. The summed E-state index contributed by atoms with van der Waals surface area (Å²) in [7, 11) is -4.36. The van der Waals surface area contributed by atoms with Crippen LogP contribution in [0.3, 0.4) is 0 Å². The van der Waals surface area contributed by atoms with E-state index in [1.807, 2.05) is 0 Å². The zero-order valence-corrected chi connectivity index (χ0v) is 19.4. The maximum Gasteiger partial charge on any atom is 0.419 e. The lowest BCUT2D eigenvalue weighted by molar-refractivity contribution is -0.142. The molecule has 0 bridgehead atoms. The van der Waals surface area contributed by atoms with Crippen molar-refractivity contribution in [3.05, 3.63) is 58.4 Å². The van der Waals surface area contributed by atoms with Crippen LogP contribution in [0.4, 0.5) is 17.6 Å². The van der Waals surface area contributed by atoms with Crippen LogP contribution in [-0.2, 0) is 32.2 Å². The third-order valence-electron chi connectivity index (χ3n) is 6.72. The normalized spacial score (nSPS) is 23.6. The minimum absolute atomic E-state index is 0.0607.